The van der Waals surface area contributed by atoms with Crippen molar-refractivity contribution in [3.63, 3.8) is 0 Å². The average Bonchev–Trinajstić information content (AvgIpc) is 2.94. The lowest BCUT2D eigenvalue weighted by Crippen LogP contribution is -2.18. The van der Waals surface area contributed by atoms with Crippen LogP contribution in [0.25, 0.3) is 0 Å². The highest BCUT2D eigenvalue weighted by Crippen LogP contribution is 2.39. The molecule has 0 unspecified atom stereocenters. The van der Waals surface area contributed by atoms with E-state index in [9.17, 15) is 26.3 Å². The standard InChI is InChI=1S/C10H8F6O.C9H16/c1-17-5-6-2-7(9(11,12)13)4-8(3-6)10(14,15)16;1-8(2)9(3)6-4-5-7-9/h2-4H,5H2,1H3;4-5,8H,6-7H2,1-3H3. The number of hydrogen-bond acceptors (Lipinski definition) is 1. The van der Waals surface area contributed by atoms with Crippen molar-refractivity contribution in [3.05, 3.63) is 47.0 Å². The van der Waals surface area contributed by atoms with Crippen molar-refractivity contribution < 1.29 is 31.1 Å². The first-order chi connectivity index (χ1) is 11.8. The van der Waals surface area contributed by atoms with Crippen LogP contribution in [0.15, 0.2) is 30.4 Å². The van der Waals surface area contributed by atoms with Crippen LogP contribution < -0.4 is 0 Å². The maximum Gasteiger partial charge on any atom is 0.416 e. The fraction of sp³-hybridized carbons (Fsp3) is 0.579. The van der Waals surface area contributed by atoms with Crippen LogP contribution in [0, 0.1) is 11.3 Å². The highest BCUT2D eigenvalue weighted by molar-refractivity contribution is 5.33. The summed E-state index contributed by atoms with van der Waals surface area (Å²) in [5, 5.41) is 0. The van der Waals surface area contributed by atoms with E-state index in [1.54, 1.807) is 0 Å². The van der Waals surface area contributed by atoms with E-state index in [1.165, 1.54) is 20.0 Å². The van der Waals surface area contributed by atoms with Crippen molar-refractivity contribution in [2.24, 2.45) is 11.3 Å². The monoisotopic (exact) mass is 382 g/mol. The van der Waals surface area contributed by atoms with Crippen molar-refractivity contribution in [2.45, 2.75) is 52.6 Å². The first kappa shape index (κ1) is 22.5. The summed E-state index contributed by atoms with van der Waals surface area (Å²) in [5.41, 5.74) is -2.26. The topological polar surface area (TPSA) is 9.23 Å². The zero-order valence-corrected chi connectivity index (χ0v) is 15.3. The van der Waals surface area contributed by atoms with Crippen LogP contribution in [0.4, 0.5) is 26.3 Å². The van der Waals surface area contributed by atoms with Gasteiger partial charge in [-0.2, -0.15) is 26.3 Å². The van der Waals surface area contributed by atoms with E-state index in [2.05, 4.69) is 37.7 Å². The molecule has 0 saturated carbocycles. The van der Waals surface area contributed by atoms with Crippen LogP contribution in [-0.2, 0) is 23.7 Å². The van der Waals surface area contributed by atoms with Crippen molar-refractivity contribution >= 4 is 0 Å². The van der Waals surface area contributed by atoms with Gasteiger partial charge in [-0.1, -0.05) is 32.9 Å². The van der Waals surface area contributed by atoms with Crippen LogP contribution in [0.5, 0.6) is 0 Å². The van der Waals surface area contributed by atoms with Crippen LogP contribution >= 0.6 is 0 Å². The number of ether oxygens (including phenoxy) is 1. The molecule has 1 nitrogen and oxygen atoms in total. The number of alkyl halides is 6. The smallest absolute Gasteiger partial charge is 0.380 e. The minimum Gasteiger partial charge on any atom is -0.380 e. The Hall–Kier alpha value is -1.50. The van der Waals surface area contributed by atoms with Gasteiger partial charge in [-0.15, -0.1) is 0 Å². The Labute approximate surface area is 150 Å². The third kappa shape index (κ3) is 6.34. The van der Waals surface area contributed by atoms with Gasteiger partial charge in [0.15, 0.2) is 0 Å². The molecule has 148 valence electrons. The normalized spacial score (nSPS) is 16.6. The zero-order valence-electron chi connectivity index (χ0n) is 15.3. The number of benzene rings is 1. The average molecular weight is 382 g/mol. The number of allylic oxidation sites excluding steroid dienone is 2. The third-order valence-corrected chi connectivity index (χ3v) is 4.69. The van der Waals surface area contributed by atoms with E-state index in [4.69, 9.17) is 0 Å². The molecule has 0 fully saturated rings. The maximum atomic E-state index is 12.4. The van der Waals surface area contributed by atoms with Gasteiger partial charge >= 0.3 is 12.4 Å². The molecule has 26 heavy (non-hydrogen) atoms. The van der Waals surface area contributed by atoms with E-state index >= 15 is 0 Å². The number of rotatable bonds is 3. The molecule has 0 aliphatic heterocycles. The Kier molecular flexibility index (Phi) is 7.33. The summed E-state index contributed by atoms with van der Waals surface area (Å²) in [6.45, 7) is 6.69. The number of hydrogen-bond donors (Lipinski definition) is 0. The molecule has 1 aliphatic carbocycles. The summed E-state index contributed by atoms with van der Waals surface area (Å²) < 4.78 is 78.7. The van der Waals surface area contributed by atoms with E-state index in [1.807, 2.05) is 0 Å². The largest absolute Gasteiger partial charge is 0.416 e. The molecule has 2 rings (SSSR count). The molecule has 0 aromatic heterocycles. The molecule has 1 aromatic rings. The van der Waals surface area contributed by atoms with Gasteiger partial charge in [-0.05, 0) is 47.9 Å². The quantitative estimate of drug-likeness (QED) is 0.409. The molecule has 1 aromatic carbocycles. The molecule has 0 radical (unpaired) electrons. The summed E-state index contributed by atoms with van der Waals surface area (Å²) in [7, 11) is 1.19. The molecule has 0 heterocycles. The summed E-state index contributed by atoms with van der Waals surface area (Å²) in [6, 6.07) is 1.36. The molecule has 0 N–H and O–H groups in total. The second kappa shape index (κ2) is 8.46. The van der Waals surface area contributed by atoms with Crippen molar-refractivity contribution in [1.29, 1.82) is 0 Å². The minimum atomic E-state index is -4.82. The summed E-state index contributed by atoms with van der Waals surface area (Å²) in [5.74, 6) is 0.826. The highest BCUT2D eigenvalue weighted by Gasteiger charge is 2.36. The Balaban J connectivity index is 0.000000314. The molecule has 1 aliphatic rings. The molecule has 0 atom stereocenters. The van der Waals surface area contributed by atoms with Gasteiger partial charge < -0.3 is 4.74 Å². The Morgan fingerprint density at radius 2 is 1.35 bits per heavy atom. The van der Waals surface area contributed by atoms with E-state index < -0.39 is 23.5 Å². The van der Waals surface area contributed by atoms with Crippen molar-refractivity contribution in [3.8, 4) is 0 Å². The van der Waals surface area contributed by atoms with Gasteiger partial charge in [-0.25, -0.2) is 0 Å². The minimum absolute atomic E-state index is 0.0825. The first-order valence-electron chi connectivity index (χ1n) is 8.22. The van der Waals surface area contributed by atoms with Gasteiger partial charge in [0.2, 0.25) is 0 Å². The van der Waals surface area contributed by atoms with E-state index in [0.717, 1.165) is 5.92 Å². The third-order valence-electron chi connectivity index (χ3n) is 4.69. The lowest BCUT2D eigenvalue weighted by Gasteiger charge is -2.28. The summed E-state index contributed by atoms with van der Waals surface area (Å²) in [6.07, 6.45) is -2.46. The van der Waals surface area contributed by atoms with Gasteiger partial charge in [0.25, 0.3) is 0 Å². The Bertz CT molecular complexity index is 573. The van der Waals surface area contributed by atoms with E-state index in [0.29, 0.717) is 17.5 Å². The molecule has 0 spiro atoms. The fourth-order valence-electron chi connectivity index (χ4n) is 2.53. The van der Waals surface area contributed by atoms with Crippen LogP contribution in [-0.4, -0.2) is 7.11 Å². The maximum absolute atomic E-state index is 12.4. The lowest BCUT2D eigenvalue weighted by atomic mass is 9.77. The zero-order chi connectivity index (χ0) is 20.2. The lowest BCUT2D eigenvalue weighted by molar-refractivity contribution is -0.143. The Morgan fingerprint density at radius 1 is 0.923 bits per heavy atom. The SMILES string of the molecule is CC(C)C1(C)CC=CC1.COCc1cc(C(F)(F)F)cc(C(F)(F)F)c1. The molecule has 0 bridgehead atoms. The second-order valence-electron chi connectivity index (χ2n) is 7.04. The van der Waals surface area contributed by atoms with Gasteiger partial charge in [-0.3, -0.25) is 0 Å². The van der Waals surface area contributed by atoms with E-state index in [-0.39, 0.29) is 18.2 Å². The van der Waals surface area contributed by atoms with Crippen LogP contribution in [0.1, 0.15) is 50.3 Å². The fourth-order valence-corrected chi connectivity index (χ4v) is 2.53. The molecule has 0 amide bonds. The van der Waals surface area contributed by atoms with Crippen molar-refractivity contribution in [1.82, 2.24) is 0 Å². The Morgan fingerprint density at radius 3 is 1.62 bits per heavy atom. The molecular weight excluding hydrogens is 358 g/mol. The van der Waals surface area contributed by atoms with Gasteiger partial charge in [0.05, 0.1) is 17.7 Å². The second-order valence-corrected chi connectivity index (χ2v) is 7.04. The van der Waals surface area contributed by atoms with Gasteiger partial charge in [0.1, 0.15) is 0 Å². The number of methoxy groups -OCH3 is 1. The first-order valence-corrected chi connectivity index (χ1v) is 8.22. The molecule has 7 heteroatoms. The van der Waals surface area contributed by atoms with Crippen LogP contribution in [0.3, 0.4) is 0 Å². The molecular formula is C19H24F6O. The predicted molar refractivity (Wildman–Crippen MR) is 88.5 cm³/mol. The summed E-state index contributed by atoms with van der Waals surface area (Å²) >= 11 is 0. The van der Waals surface area contributed by atoms with Crippen molar-refractivity contribution in [2.75, 3.05) is 7.11 Å². The highest BCUT2D eigenvalue weighted by atomic mass is 19.4. The molecule has 0 saturated heterocycles. The summed E-state index contributed by atoms with van der Waals surface area (Å²) in [4.78, 5) is 0. The number of halogens is 6. The van der Waals surface area contributed by atoms with Crippen LogP contribution in [0.2, 0.25) is 0 Å². The van der Waals surface area contributed by atoms with Gasteiger partial charge in [0, 0.05) is 7.11 Å². The predicted octanol–water partition coefficient (Wildman–Crippen LogP) is 6.87.